The second-order valence-corrected chi connectivity index (χ2v) is 4.96. The Bertz CT molecular complexity index is 428. The third-order valence-electron chi connectivity index (χ3n) is 3.46. The van der Waals surface area contributed by atoms with Crippen LogP contribution in [0.2, 0.25) is 0 Å². The van der Waals surface area contributed by atoms with Gasteiger partial charge in [-0.05, 0) is 55.5 Å². The molecule has 106 valence electrons. The van der Waals surface area contributed by atoms with E-state index in [2.05, 4.69) is 5.32 Å². The summed E-state index contributed by atoms with van der Waals surface area (Å²) in [6.45, 7) is 0.567. The van der Waals surface area contributed by atoms with Gasteiger partial charge in [0.15, 0.2) is 0 Å². The van der Waals surface area contributed by atoms with Crippen LogP contribution in [0.15, 0.2) is 18.2 Å². The highest BCUT2D eigenvalue weighted by Gasteiger charge is 2.26. The van der Waals surface area contributed by atoms with E-state index in [0.717, 1.165) is 24.0 Å². The van der Waals surface area contributed by atoms with E-state index in [1.165, 1.54) is 6.07 Å². The molecule has 0 saturated heterocycles. The Morgan fingerprint density at radius 2 is 2.00 bits per heavy atom. The molecule has 1 aliphatic carbocycles. The second-order valence-electron chi connectivity index (χ2n) is 4.96. The highest BCUT2D eigenvalue weighted by molar-refractivity contribution is 5.34. The predicted molar refractivity (Wildman–Crippen MR) is 65.4 cm³/mol. The molecule has 1 aliphatic rings. The standard InChI is InChI=1S/C14H17F4N/c15-11-4-5-12-10(9-11)3-6-13(12)19-8-2-1-7-14(16,17)18/h4-5,9,13,19H,1-3,6-8H2. The summed E-state index contributed by atoms with van der Waals surface area (Å²) in [5.74, 6) is -0.232. The molecule has 0 radical (unpaired) electrons. The molecule has 5 heteroatoms. The molecule has 1 N–H and O–H groups in total. The van der Waals surface area contributed by atoms with Crippen molar-refractivity contribution < 1.29 is 17.6 Å². The minimum Gasteiger partial charge on any atom is -0.310 e. The van der Waals surface area contributed by atoms with Crippen molar-refractivity contribution in [2.75, 3.05) is 6.54 Å². The molecule has 1 nitrogen and oxygen atoms in total. The van der Waals surface area contributed by atoms with E-state index in [1.54, 1.807) is 12.1 Å². The van der Waals surface area contributed by atoms with E-state index in [0.29, 0.717) is 13.0 Å². The lowest BCUT2D eigenvalue weighted by Crippen LogP contribution is -2.21. The molecule has 0 aromatic heterocycles. The summed E-state index contributed by atoms with van der Waals surface area (Å²) < 4.78 is 48.9. The molecule has 0 bridgehead atoms. The first-order valence-electron chi connectivity index (χ1n) is 6.54. The molecule has 2 rings (SSSR count). The van der Waals surface area contributed by atoms with Crippen LogP contribution in [0.3, 0.4) is 0 Å². The molecule has 0 saturated carbocycles. The summed E-state index contributed by atoms with van der Waals surface area (Å²) in [5.41, 5.74) is 2.09. The first-order valence-corrected chi connectivity index (χ1v) is 6.54. The van der Waals surface area contributed by atoms with Gasteiger partial charge >= 0.3 is 6.18 Å². The van der Waals surface area contributed by atoms with Crippen LogP contribution in [0.5, 0.6) is 0 Å². The van der Waals surface area contributed by atoms with Gasteiger partial charge in [-0.15, -0.1) is 0 Å². The van der Waals surface area contributed by atoms with E-state index >= 15 is 0 Å². The van der Waals surface area contributed by atoms with Gasteiger partial charge in [0.1, 0.15) is 5.82 Å². The normalized spacial score (nSPS) is 18.6. The number of fused-ring (bicyclic) bond motifs is 1. The monoisotopic (exact) mass is 275 g/mol. The molecule has 0 fully saturated rings. The fraction of sp³-hybridized carbons (Fsp3) is 0.571. The second kappa shape index (κ2) is 5.90. The van der Waals surface area contributed by atoms with Crippen LogP contribution < -0.4 is 5.32 Å². The maximum Gasteiger partial charge on any atom is 0.389 e. The number of alkyl halides is 3. The van der Waals surface area contributed by atoms with Crippen molar-refractivity contribution in [3.63, 3.8) is 0 Å². The van der Waals surface area contributed by atoms with Gasteiger partial charge in [-0.25, -0.2) is 4.39 Å². The summed E-state index contributed by atoms with van der Waals surface area (Å²) in [5, 5.41) is 3.25. The Balaban J connectivity index is 1.74. The van der Waals surface area contributed by atoms with E-state index in [1.807, 2.05) is 0 Å². The number of rotatable bonds is 5. The van der Waals surface area contributed by atoms with Crippen LogP contribution in [-0.4, -0.2) is 12.7 Å². The molecular formula is C14H17F4N. The first-order chi connectivity index (χ1) is 8.96. The van der Waals surface area contributed by atoms with Crippen LogP contribution in [0, 0.1) is 5.82 Å². The quantitative estimate of drug-likeness (QED) is 0.629. The molecule has 1 atom stereocenters. The number of nitrogens with one attached hydrogen (secondary N) is 1. The summed E-state index contributed by atoms with van der Waals surface area (Å²) in [6, 6.07) is 4.90. The smallest absolute Gasteiger partial charge is 0.310 e. The predicted octanol–water partition coefficient (Wildman–Crippen LogP) is 4.14. The van der Waals surface area contributed by atoms with Crippen LogP contribution in [-0.2, 0) is 6.42 Å². The van der Waals surface area contributed by atoms with Crippen molar-refractivity contribution in [3.8, 4) is 0 Å². The maximum atomic E-state index is 13.0. The number of unbranched alkanes of at least 4 members (excludes halogenated alkanes) is 1. The number of hydrogen-bond acceptors (Lipinski definition) is 1. The molecule has 1 aromatic carbocycles. The van der Waals surface area contributed by atoms with E-state index in [-0.39, 0.29) is 18.3 Å². The zero-order valence-corrected chi connectivity index (χ0v) is 10.6. The lowest BCUT2D eigenvalue weighted by Gasteiger charge is -2.14. The van der Waals surface area contributed by atoms with Gasteiger partial charge in [0.2, 0.25) is 0 Å². The van der Waals surface area contributed by atoms with Crippen LogP contribution in [0.4, 0.5) is 17.6 Å². The van der Waals surface area contributed by atoms with Gasteiger partial charge < -0.3 is 5.32 Å². The molecule has 0 spiro atoms. The van der Waals surface area contributed by atoms with Gasteiger partial charge in [0, 0.05) is 12.5 Å². The zero-order valence-electron chi connectivity index (χ0n) is 10.6. The highest BCUT2D eigenvalue weighted by atomic mass is 19.4. The van der Waals surface area contributed by atoms with Gasteiger partial charge in [-0.2, -0.15) is 13.2 Å². The summed E-state index contributed by atoms with van der Waals surface area (Å²) >= 11 is 0. The molecule has 1 aromatic rings. The van der Waals surface area contributed by atoms with E-state index < -0.39 is 12.6 Å². The third-order valence-corrected chi connectivity index (χ3v) is 3.46. The van der Waals surface area contributed by atoms with Crippen molar-refractivity contribution in [3.05, 3.63) is 35.1 Å². The van der Waals surface area contributed by atoms with E-state index in [4.69, 9.17) is 0 Å². The fourth-order valence-corrected chi connectivity index (χ4v) is 2.52. The molecule has 0 aliphatic heterocycles. The van der Waals surface area contributed by atoms with Gasteiger partial charge in [0.25, 0.3) is 0 Å². The number of benzene rings is 1. The maximum absolute atomic E-state index is 13.0. The largest absolute Gasteiger partial charge is 0.389 e. The van der Waals surface area contributed by atoms with Crippen molar-refractivity contribution in [1.82, 2.24) is 5.32 Å². The Morgan fingerprint density at radius 1 is 1.21 bits per heavy atom. The van der Waals surface area contributed by atoms with E-state index in [9.17, 15) is 17.6 Å². The zero-order chi connectivity index (χ0) is 13.9. The Hall–Kier alpha value is -1.10. The third kappa shape index (κ3) is 4.20. The lowest BCUT2D eigenvalue weighted by atomic mass is 10.1. The van der Waals surface area contributed by atoms with Crippen molar-refractivity contribution in [2.24, 2.45) is 0 Å². The van der Waals surface area contributed by atoms with Crippen molar-refractivity contribution in [2.45, 2.75) is 44.3 Å². The van der Waals surface area contributed by atoms with Crippen molar-refractivity contribution in [1.29, 1.82) is 0 Å². The summed E-state index contributed by atoms with van der Waals surface area (Å²) in [6.07, 6.45) is -2.41. The summed E-state index contributed by atoms with van der Waals surface area (Å²) in [7, 11) is 0. The molecule has 19 heavy (non-hydrogen) atoms. The van der Waals surface area contributed by atoms with Gasteiger partial charge in [-0.1, -0.05) is 6.07 Å². The van der Waals surface area contributed by atoms with Gasteiger partial charge in [0.05, 0.1) is 0 Å². The number of halogens is 4. The average Bonchev–Trinajstić information content (AvgIpc) is 2.69. The minimum absolute atomic E-state index is 0.152. The molecule has 0 heterocycles. The topological polar surface area (TPSA) is 12.0 Å². The summed E-state index contributed by atoms with van der Waals surface area (Å²) in [4.78, 5) is 0. The number of aryl methyl sites for hydroxylation is 1. The minimum atomic E-state index is -4.06. The SMILES string of the molecule is Fc1ccc2c(c1)CCC2NCCCCC(F)(F)F. The fourth-order valence-electron chi connectivity index (χ4n) is 2.52. The van der Waals surface area contributed by atoms with Crippen LogP contribution in [0.25, 0.3) is 0 Å². The number of hydrogen-bond donors (Lipinski definition) is 1. The van der Waals surface area contributed by atoms with Crippen LogP contribution in [0.1, 0.15) is 42.9 Å². The van der Waals surface area contributed by atoms with Crippen LogP contribution >= 0.6 is 0 Å². The van der Waals surface area contributed by atoms with Gasteiger partial charge in [-0.3, -0.25) is 0 Å². The molecule has 1 unspecified atom stereocenters. The Kier molecular flexibility index (Phi) is 4.45. The molecular weight excluding hydrogens is 258 g/mol. The van der Waals surface area contributed by atoms with Crippen molar-refractivity contribution >= 4 is 0 Å². The Morgan fingerprint density at radius 3 is 2.74 bits per heavy atom. The average molecular weight is 275 g/mol. The molecule has 0 amide bonds. The highest BCUT2D eigenvalue weighted by Crippen LogP contribution is 2.31. The Labute approximate surface area is 110 Å². The lowest BCUT2D eigenvalue weighted by molar-refractivity contribution is -0.135. The first kappa shape index (κ1) is 14.3.